The second kappa shape index (κ2) is 11.4. The third kappa shape index (κ3) is 6.38. The molecule has 0 unspecified atom stereocenters. The molecule has 0 aliphatic carbocycles. The maximum Gasteiger partial charge on any atom is 0.256 e. The van der Waals surface area contributed by atoms with Crippen LogP contribution in [-0.4, -0.2) is 49.6 Å². The molecule has 0 aromatic heterocycles. The molecule has 2 amide bonds. The van der Waals surface area contributed by atoms with Gasteiger partial charge in [0.15, 0.2) is 11.5 Å². The summed E-state index contributed by atoms with van der Waals surface area (Å²) in [6.07, 6.45) is 2.03. The van der Waals surface area contributed by atoms with E-state index in [1.54, 1.807) is 29.2 Å². The zero-order valence-electron chi connectivity index (χ0n) is 19.2. The summed E-state index contributed by atoms with van der Waals surface area (Å²) in [4.78, 5) is 27.0. The van der Waals surface area contributed by atoms with E-state index in [9.17, 15) is 14.0 Å². The maximum absolute atomic E-state index is 13.9. The fourth-order valence-electron chi connectivity index (χ4n) is 3.69. The van der Waals surface area contributed by atoms with Crippen LogP contribution in [0.5, 0.6) is 11.5 Å². The number of nitrogens with one attached hydrogen (secondary N) is 1. The van der Waals surface area contributed by atoms with E-state index in [1.165, 1.54) is 19.2 Å². The fourth-order valence-corrected chi connectivity index (χ4v) is 3.95. The van der Waals surface area contributed by atoms with Gasteiger partial charge in [-0.05, 0) is 49.4 Å². The SMILES string of the molecule is COc1cc(C(=O)NC2CCN(C(=O)c3ccccc3F)CC2)cc(Cl)c1OCCC(C)C. The Balaban J connectivity index is 1.59. The van der Waals surface area contributed by atoms with E-state index in [4.69, 9.17) is 21.1 Å². The molecule has 178 valence electrons. The molecule has 0 bridgehead atoms. The first kappa shape index (κ1) is 24.8. The van der Waals surface area contributed by atoms with Crippen LogP contribution in [0.3, 0.4) is 0 Å². The topological polar surface area (TPSA) is 67.9 Å². The predicted molar refractivity (Wildman–Crippen MR) is 126 cm³/mol. The summed E-state index contributed by atoms with van der Waals surface area (Å²) >= 11 is 6.38. The molecule has 2 aromatic rings. The number of carbonyl (C=O) groups is 2. The van der Waals surface area contributed by atoms with Crippen molar-refractivity contribution < 1.29 is 23.5 Å². The van der Waals surface area contributed by atoms with Gasteiger partial charge in [-0.3, -0.25) is 9.59 Å². The van der Waals surface area contributed by atoms with Crippen molar-refractivity contribution in [2.75, 3.05) is 26.8 Å². The lowest BCUT2D eigenvalue weighted by Gasteiger charge is -2.32. The Morgan fingerprint density at radius 2 is 1.91 bits per heavy atom. The lowest BCUT2D eigenvalue weighted by molar-refractivity contribution is 0.0693. The zero-order chi connectivity index (χ0) is 24.0. The molecule has 0 saturated carbocycles. The highest BCUT2D eigenvalue weighted by Crippen LogP contribution is 2.36. The van der Waals surface area contributed by atoms with Gasteiger partial charge in [0.25, 0.3) is 11.8 Å². The summed E-state index contributed by atoms with van der Waals surface area (Å²) in [5.74, 6) is 0.192. The lowest BCUT2D eigenvalue weighted by atomic mass is 10.0. The summed E-state index contributed by atoms with van der Waals surface area (Å²) in [5, 5.41) is 3.31. The van der Waals surface area contributed by atoms with Crippen LogP contribution >= 0.6 is 11.6 Å². The third-order valence-electron chi connectivity index (χ3n) is 5.65. The van der Waals surface area contributed by atoms with Gasteiger partial charge in [-0.25, -0.2) is 4.39 Å². The molecule has 0 spiro atoms. The minimum absolute atomic E-state index is 0.0671. The van der Waals surface area contributed by atoms with Crippen molar-refractivity contribution in [3.63, 3.8) is 0 Å². The van der Waals surface area contributed by atoms with E-state index in [0.717, 1.165) is 6.42 Å². The number of hydrogen-bond donors (Lipinski definition) is 1. The van der Waals surface area contributed by atoms with Crippen molar-refractivity contribution in [3.05, 3.63) is 58.4 Å². The second-order valence-electron chi connectivity index (χ2n) is 8.54. The molecule has 1 fully saturated rings. The average Bonchev–Trinajstić information content (AvgIpc) is 2.80. The van der Waals surface area contributed by atoms with Crippen LogP contribution < -0.4 is 14.8 Å². The molecule has 3 rings (SSSR count). The van der Waals surface area contributed by atoms with Gasteiger partial charge in [-0.15, -0.1) is 0 Å². The fraction of sp³-hybridized carbons (Fsp3) is 0.440. The predicted octanol–water partition coefficient (Wildman–Crippen LogP) is 4.95. The first-order chi connectivity index (χ1) is 15.8. The summed E-state index contributed by atoms with van der Waals surface area (Å²) in [6.45, 7) is 5.59. The van der Waals surface area contributed by atoms with Gasteiger partial charge < -0.3 is 19.7 Å². The van der Waals surface area contributed by atoms with Crippen LogP contribution in [0.2, 0.25) is 5.02 Å². The largest absolute Gasteiger partial charge is 0.493 e. The van der Waals surface area contributed by atoms with Crippen molar-refractivity contribution >= 4 is 23.4 Å². The highest BCUT2D eigenvalue weighted by Gasteiger charge is 2.26. The summed E-state index contributed by atoms with van der Waals surface area (Å²) < 4.78 is 25.1. The number of hydrogen-bond acceptors (Lipinski definition) is 4. The normalized spacial score (nSPS) is 14.3. The van der Waals surface area contributed by atoms with Crippen molar-refractivity contribution in [2.45, 2.75) is 39.2 Å². The standard InChI is InChI=1S/C25H30ClFN2O4/c1-16(2)10-13-33-23-20(26)14-17(15-22(23)32-3)24(30)28-18-8-11-29(12-9-18)25(31)19-6-4-5-7-21(19)27/h4-7,14-16,18H,8-13H2,1-3H3,(H,28,30). The number of benzene rings is 2. The number of halogens is 2. The van der Waals surface area contributed by atoms with Crippen molar-refractivity contribution in [1.82, 2.24) is 10.2 Å². The van der Waals surface area contributed by atoms with E-state index in [1.807, 2.05) is 0 Å². The summed E-state index contributed by atoms with van der Waals surface area (Å²) in [6, 6.07) is 9.04. The molecule has 1 N–H and O–H groups in total. The number of methoxy groups -OCH3 is 1. The van der Waals surface area contributed by atoms with E-state index >= 15 is 0 Å². The molecule has 0 atom stereocenters. The molecule has 0 radical (unpaired) electrons. The Labute approximate surface area is 199 Å². The van der Waals surface area contributed by atoms with Crippen LogP contribution in [0.4, 0.5) is 4.39 Å². The number of amides is 2. The number of likely N-dealkylation sites (tertiary alicyclic amines) is 1. The molecule has 1 aliphatic rings. The first-order valence-corrected chi connectivity index (χ1v) is 11.5. The van der Waals surface area contributed by atoms with Gasteiger partial charge in [0.2, 0.25) is 0 Å². The van der Waals surface area contributed by atoms with Gasteiger partial charge in [-0.2, -0.15) is 0 Å². The number of ether oxygens (including phenoxy) is 2. The number of piperidine rings is 1. The Morgan fingerprint density at radius 3 is 2.55 bits per heavy atom. The Hall–Kier alpha value is -2.80. The monoisotopic (exact) mass is 476 g/mol. The van der Waals surface area contributed by atoms with Crippen LogP contribution in [0.25, 0.3) is 0 Å². The van der Waals surface area contributed by atoms with Crippen LogP contribution in [-0.2, 0) is 0 Å². The molecule has 33 heavy (non-hydrogen) atoms. The van der Waals surface area contributed by atoms with E-state index in [0.29, 0.717) is 60.5 Å². The van der Waals surface area contributed by atoms with Crippen molar-refractivity contribution in [1.29, 1.82) is 0 Å². The quantitative estimate of drug-likeness (QED) is 0.585. The molecule has 2 aromatic carbocycles. The van der Waals surface area contributed by atoms with E-state index in [2.05, 4.69) is 19.2 Å². The Morgan fingerprint density at radius 1 is 1.21 bits per heavy atom. The van der Waals surface area contributed by atoms with Crippen molar-refractivity contribution in [3.8, 4) is 11.5 Å². The van der Waals surface area contributed by atoms with Gasteiger partial charge >= 0.3 is 0 Å². The molecule has 6 nitrogen and oxygen atoms in total. The van der Waals surface area contributed by atoms with E-state index < -0.39 is 5.82 Å². The number of carbonyl (C=O) groups excluding carboxylic acids is 2. The lowest BCUT2D eigenvalue weighted by Crippen LogP contribution is -2.46. The van der Waals surface area contributed by atoms with Gasteiger partial charge in [0, 0.05) is 24.7 Å². The summed E-state index contributed by atoms with van der Waals surface area (Å²) in [7, 11) is 1.50. The Bertz CT molecular complexity index is 990. The second-order valence-corrected chi connectivity index (χ2v) is 8.95. The summed E-state index contributed by atoms with van der Waals surface area (Å²) in [5.41, 5.74) is 0.440. The molecule has 1 aliphatic heterocycles. The third-order valence-corrected chi connectivity index (χ3v) is 5.94. The van der Waals surface area contributed by atoms with Gasteiger partial charge in [0.1, 0.15) is 5.82 Å². The Kier molecular flexibility index (Phi) is 8.55. The van der Waals surface area contributed by atoms with Crippen LogP contribution in [0.1, 0.15) is 53.8 Å². The molecule has 8 heteroatoms. The number of rotatable bonds is 8. The minimum Gasteiger partial charge on any atom is -0.493 e. The molecule has 1 heterocycles. The van der Waals surface area contributed by atoms with Crippen LogP contribution in [0.15, 0.2) is 36.4 Å². The maximum atomic E-state index is 13.9. The highest BCUT2D eigenvalue weighted by molar-refractivity contribution is 6.32. The van der Waals surface area contributed by atoms with Crippen molar-refractivity contribution in [2.24, 2.45) is 5.92 Å². The van der Waals surface area contributed by atoms with Crippen LogP contribution in [0, 0.1) is 11.7 Å². The highest BCUT2D eigenvalue weighted by atomic mass is 35.5. The molecule has 1 saturated heterocycles. The van der Waals surface area contributed by atoms with Gasteiger partial charge in [-0.1, -0.05) is 37.6 Å². The smallest absolute Gasteiger partial charge is 0.256 e. The van der Waals surface area contributed by atoms with E-state index in [-0.39, 0.29) is 23.4 Å². The average molecular weight is 477 g/mol. The first-order valence-electron chi connectivity index (χ1n) is 11.1. The van der Waals surface area contributed by atoms with Gasteiger partial charge in [0.05, 0.1) is 24.3 Å². The molecular formula is C25H30ClFN2O4. The number of nitrogens with zero attached hydrogens (tertiary/aromatic N) is 1. The molecular weight excluding hydrogens is 447 g/mol. The minimum atomic E-state index is -0.527. The zero-order valence-corrected chi connectivity index (χ0v) is 20.0.